The summed E-state index contributed by atoms with van der Waals surface area (Å²) in [6.07, 6.45) is -0.726. The van der Waals surface area contributed by atoms with Gasteiger partial charge >= 0.3 is 6.09 Å². The highest BCUT2D eigenvalue weighted by Crippen LogP contribution is 2.23. The van der Waals surface area contributed by atoms with Crippen LogP contribution in [-0.4, -0.2) is 40.5 Å². The van der Waals surface area contributed by atoms with Crippen molar-refractivity contribution in [2.45, 2.75) is 43.0 Å². The molecule has 0 aliphatic heterocycles. The lowest BCUT2D eigenvalue weighted by Gasteiger charge is -2.34. The molecular weight excluding hydrogens is 530 g/mol. The minimum absolute atomic E-state index is 0.0661. The highest BCUT2D eigenvalue weighted by molar-refractivity contribution is 7.98. The van der Waals surface area contributed by atoms with E-state index < -0.39 is 29.0 Å². The SMILES string of the molecule is C[C@@](CSCc1ccccc1)(NC(=O)[C@](C)(CSCc1ccccc1)NC(=O)OCc1ccccc1)C(N)=O. The number of amides is 3. The van der Waals surface area contributed by atoms with Crippen LogP contribution in [-0.2, 0) is 32.4 Å². The number of ether oxygens (including phenoxy) is 1. The van der Waals surface area contributed by atoms with E-state index in [-0.39, 0.29) is 18.1 Å². The summed E-state index contributed by atoms with van der Waals surface area (Å²) in [5, 5.41) is 5.57. The first-order valence-corrected chi connectivity index (χ1v) is 14.9. The minimum Gasteiger partial charge on any atom is -0.445 e. The van der Waals surface area contributed by atoms with Crippen molar-refractivity contribution < 1.29 is 19.1 Å². The average Bonchev–Trinajstić information content (AvgIpc) is 2.93. The van der Waals surface area contributed by atoms with Crippen LogP contribution in [0.25, 0.3) is 0 Å². The van der Waals surface area contributed by atoms with Crippen molar-refractivity contribution in [3.63, 3.8) is 0 Å². The summed E-state index contributed by atoms with van der Waals surface area (Å²) in [6, 6.07) is 29.0. The van der Waals surface area contributed by atoms with Gasteiger partial charge in [0.05, 0.1) is 0 Å². The molecule has 0 fully saturated rings. The van der Waals surface area contributed by atoms with Crippen molar-refractivity contribution in [2.75, 3.05) is 11.5 Å². The number of primary amides is 1. The summed E-state index contributed by atoms with van der Waals surface area (Å²) < 4.78 is 5.39. The summed E-state index contributed by atoms with van der Waals surface area (Å²) >= 11 is 2.99. The second-order valence-electron chi connectivity index (χ2n) is 9.63. The molecule has 4 N–H and O–H groups in total. The van der Waals surface area contributed by atoms with Gasteiger partial charge in [0, 0.05) is 23.0 Å². The minimum atomic E-state index is -1.37. The fourth-order valence-electron chi connectivity index (χ4n) is 3.59. The van der Waals surface area contributed by atoms with Gasteiger partial charge in [0.2, 0.25) is 11.8 Å². The molecule has 0 radical (unpaired) electrons. The summed E-state index contributed by atoms with van der Waals surface area (Å²) in [7, 11) is 0. The number of hydrogen-bond donors (Lipinski definition) is 3. The normalized spacial score (nSPS) is 13.9. The lowest BCUT2D eigenvalue weighted by molar-refractivity contribution is -0.133. The number of carbonyl (C=O) groups excluding carboxylic acids is 3. The Labute approximate surface area is 238 Å². The average molecular weight is 566 g/mol. The molecule has 206 valence electrons. The predicted octanol–water partition coefficient (Wildman–Crippen LogP) is 4.90. The van der Waals surface area contributed by atoms with E-state index in [1.165, 1.54) is 23.5 Å². The third-order valence-corrected chi connectivity index (χ3v) is 8.67. The molecule has 39 heavy (non-hydrogen) atoms. The van der Waals surface area contributed by atoms with Gasteiger partial charge in [0.1, 0.15) is 17.7 Å². The maximum atomic E-state index is 13.7. The molecule has 2 atom stereocenters. The van der Waals surface area contributed by atoms with Gasteiger partial charge in [-0.3, -0.25) is 9.59 Å². The Morgan fingerprint density at radius 2 is 1.13 bits per heavy atom. The van der Waals surface area contributed by atoms with Gasteiger partial charge in [0.15, 0.2) is 0 Å². The molecule has 0 aliphatic rings. The molecule has 3 aromatic carbocycles. The molecule has 0 aromatic heterocycles. The van der Waals surface area contributed by atoms with Gasteiger partial charge in [-0.1, -0.05) is 91.0 Å². The van der Waals surface area contributed by atoms with E-state index in [0.29, 0.717) is 11.5 Å². The zero-order valence-electron chi connectivity index (χ0n) is 22.2. The number of nitrogens with two attached hydrogens (primary N) is 1. The second kappa shape index (κ2) is 14.6. The number of nitrogens with one attached hydrogen (secondary N) is 2. The van der Waals surface area contributed by atoms with Crippen LogP contribution in [0.3, 0.4) is 0 Å². The van der Waals surface area contributed by atoms with Crippen LogP contribution < -0.4 is 16.4 Å². The summed E-state index contributed by atoms with van der Waals surface area (Å²) in [5.41, 5.74) is 6.08. The van der Waals surface area contributed by atoms with Crippen LogP contribution in [0.1, 0.15) is 30.5 Å². The number of carbonyl (C=O) groups is 3. The largest absolute Gasteiger partial charge is 0.445 e. The van der Waals surface area contributed by atoms with Crippen LogP contribution in [0.4, 0.5) is 4.79 Å². The highest BCUT2D eigenvalue weighted by Gasteiger charge is 2.41. The highest BCUT2D eigenvalue weighted by atomic mass is 32.2. The summed E-state index contributed by atoms with van der Waals surface area (Å²) in [5.74, 6) is 0.663. The number of hydrogen-bond acceptors (Lipinski definition) is 6. The number of alkyl carbamates (subject to hydrolysis) is 1. The van der Waals surface area contributed by atoms with Crippen LogP contribution in [0.5, 0.6) is 0 Å². The standard InChI is InChI=1S/C30H35N3O4S2/c1-29(26(31)34,21-38-19-24-14-8-4-9-15-24)32-27(35)30(2,22-39-20-25-16-10-5-11-17-25)33-28(36)37-18-23-12-6-3-7-13-23/h3-17H,18-22H2,1-2H3,(H2,31,34)(H,32,35)(H,33,36)/t29-,30-/m0/s1. The van der Waals surface area contributed by atoms with Gasteiger partial charge in [-0.2, -0.15) is 23.5 Å². The number of benzene rings is 3. The fraction of sp³-hybridized carbons (Fsp3) is 0.300. The Bertz CT molecular complexity index is 1210. The third kappa shape index (κ3) is 9.67. The molecule has 0 saturated heterocycles. The molecule has 9 heteroatoms. The Hall–Kier alpha value is -3.43. The first kappa shape index (κ1) is 30.1. The quantitative estimate of drug-likeness (QED) is 0.257. The van der Waals surface area contributed by atoms with Crippen LogP contribution in [0, 0.1) is 0 Å². The van der Waals surface area contributed by atoms with E-state index in [4.69, 9.17) is 10.5 Å². The predicted molar refractivity (Wildman–Crippen MR) is 159 cm³/mol. The molecular formula is C30H35N3O4S2. The second-order valence-corrected chi connectivity index (χ2v) is 11.6. The first-order valence-electron chi connectivity index (χ1n) is 12.5. The maximum Gasteiger partial charge on any atom is 0.408 e. The Balaban J connectivity index is 1.68. The molecule has 3 aromatic rings. The molecule has 3 amide bonds. The van der Waals surface area contributed by atoms with E-state index >= 15 is 0 Å². The number of rotatable bonds is 14. The molecule has 0 spiro atoms. The van der Waals surface area contributed by atoms with Crippen molar-refractivity contribution >= 4 is 41.4 Å². The first-order chi connectivity index (χ1) is 18.7. The Morgan fingerprint density at radius 3 is 1.59 bits per heavy atom. The number of thioether (sulfide) groups is 2. The zero-order valence-corrected chi connectivity index (χ0v) is 23.9. The van der Waals surface area contributed by atoms with Crippen molar-refractivity contribution in [1.82, 2.24) is 10.6 Å². The molecule has 0 saturated carbocycles. The molecule has 0 bridgehead atoms. The van der Waals surface area contributed by atoms with Gasteiger partial charge in [0.25, 0.3) is 0 Å². The molecule has 0 unspecified atom stereocenters. The zero-order chi connectivity index (χ0) is 28.1. The van der Waals surface area contributed by atoms with E-state index in [2.05, 4.69) is 10.6 Å². The Kier molecular flexibility index (Phi) is 11.3. The Morgan fingerprint density at radius 1 is 0.692 bits per heavy atom. The van der Waals surface area contributed by atoms with Crippen molar-refractivity contribution in [3.05, 3.63) is 108 Å². The third-order valence-electron chi connectivity index (χ3n) is 6.03. The van der Waals surface area contributed by atoms with Gasteiger partial charge in [-0.25, -0.2) is 4.79 Å². The van der Waals surface area contributed by atoms with Crippen molar-refractivity contribution in [1.29, 1.82) is 0 Å². The van der Waals surface area contributed by atoms with Gasteiger partial charge < -0.3 is 21.1 Å². The monoisotopic (exact) mass is 565 g/mol. The lowest BCUT2D eigenvalue weighted by atomic mass is 9.99. The maximum absolute atomic E-state index is 13.7. The smallest absolute Gasteiger partial charge is 0.408 e. The van der Waals surface area contributed by atoms with Gasteiger partial charge in [-0.05, 0) is 30.5 Å². The van der Waals surface area contributed by atoms with E-state index in [1.807, 2.05) is 91.0 Å². The topological polar surface area (TPSA) is 111 Å². The summed E-state index contributed by atoms with van der Waals surface area (Å²) in [4.78, 5) is 38.9. The molecule has 0 heterocycles. The van der Waals surface area contributed by atoms with Crippen molar-refractivity contribution in [3.8, 4) is 0 Å². The lowest BCUT2D eigenvalue weighted by Crippen LogP contribution is -2.66. The van der Waals surface area contributed by atoms with Crippen LogP contribution in [0.2, 0.25) is 0 Å². The van der Waals surface area contributed by atoms with Crippen LogP contribution in [0.15, 0.2) is 91.0 Å². The van der Waals surface area contributed by atoms with Crippen molar-refractivity contribution in [2.24, 2.45) is 5.73 Å². The van der Waals surface area contributed by atoms with E-state index in [9.17, 15) is 14.4 Å². The fourth-order valence-corrected chi connectivity index (χ4v) is 5.89. The molecule has 0 aliphatic carbocycles. The van der Waals surface area contributed by atoms with Crippen LogP contribution >= 0.6 is 23.5 Å². The van der Waals surface area contributed by atoms with E-state index in [1.54, 1.807) is 13.8 Å². The molecule has 7 nitrogen and oxygen atoms in total. The molecule has 3 rings (SSSR count). The van der Waals surface area contributed by atoms with E-state index in [0.717, 1.165) is 16.7 Å². The van der Waals surface area contributed by atoms with Gasteiger partial charge in [-0.15, -0.1) is 0 Å². The summed E-state index contributed by atoms with van der Waals surface area (Å²) in [6.45, 7) is 3.30.